The Morgan fingerprint density at radius 3 is 3.19 bits per heavy atom. The zero-order valence-electron chi connectivity index (χ0n) is 8.83. The summed E-state index contributed by atoms with van der Waals surface area (Å²) >= 11 is 0. The molecule has 5 heteroatoms. The van der Waals surface area contributed by atoms with Crippen LogP contribution in [0.2, 0.25) is 0 Å². The number of nitrogens with zero attached hydrogens (tertiary/aromatic N) is 2. The molecule has 0 bridgehead atoms. The highest BCUT2D eigenvalue weighted by molar-refractivity contribution is 5.70. The standard InChI is InChI=1S/C11H12N2O3/c1-16-11(15)6-9(14)8-7-12-10-4-2-3-5-13(8)10/h2-5,7,9,14H,6H2,1H3/t9-/m0/s1. The highest BCUT2D eigenvalue weighted by Gasteiger charge is 2.16. The van der Waals surface area contributed by atoms with Gasteiger partial charge in [-0.25, -0.2) is 4.98 Å². The second-order valence-corrected chi connectivity index (χ2v) is 3.41. The molecule has 0 saturated carbocycles. The van der Waals surface area contributed by atoms with Gasteiger partial charge in [0.15, 0.2) is 0 Å². The molecule has 0 unspecified atom stereocenters. The monoisotopic (exact) mass is 220 g/mol. The highest BCUT2D eigenvalue weighted by atomic mass is 16.5. The lowest BCUT2D eigenvalue weighted by Crippen LogP contribution is -2.09. The second kappa shape index (κ2) is 4.32. The number of hydrogen-bond acceptors (Lipinski definition) is 4. The van der Waals surface area contributed by atoms with Gasteiger partial charge in [0, 0.05) is 6.20 Å². The van der Waals surface area contributed by atoms with Gasteiger partial charge in [-0.15, -0.1) is 0 Å². The number of methoxy groups -OCH3 is 1. The molecule has 0 aliphatic heterocycles. The molecule has 16 heavy (non-hydrogen) atoms. The first-order valence-corrected chi connectivity index (χ1v) is 4.89. The van der Waals surface area contributed by atoms with Crippen LogP contribution in [0.25, 0.3) is 5.65 Å². The summed E-state index contributed by atoms with van der Waals surface area (Å²) in [6.07, 6.45) is 2.38. The van der Waals surface area contributed by atoms with Crippen molar-refractivity contribution in [2.75, 3.05) is 7.11 Å². The molecular formula is C11H12N2O3. The van der Waals surface area contributed by atoms with Gasteiger partial charge in [0.1, 0.15) is 11.8 Å². The number of rotatable bonds is 3. The van der Waals surface area contributed by atoms with Crippen LogP contribution in [-0.2, 0) is 9.53 Å². The molecule has 0 fully saturated rings. The Bertz CT molecular complexity index is 507. The number of aliphatic hydroxyl groups is 1. The lowest BCUT2D eigenvalue weighted by Gasteiger charge is -2.08. The van der Waals surface area contributed by atoms with E-state index in [1.165, 1.54) is 7.11 Å². The molecule has 0 aliphatic rings. The summed E-state index contributed by atoms with van der Waals surface area (Å²) in [6, 6.07) is 5.52. The Balaban J connectivity index is 2.29. The molecule has 0 spiro atoms. The molecule has 2 rings (SSSR count). The van der Waals surface area contributed by atoms with E-state index in [0.717, 1.165) is 5.65 Å². The Morgan fingerprint density at radius 1 is 1.62 bits per heavy atom. The van der Waals surface area contributed by atoms with Crippen molar-refractivity contribution >= 4 is 11.6 Å². The van der Waals surface area contributed by atoms with Gasteiger partial charge in [-0.1, -0.05) is 6.07 Å². The quantitative estimate of drug-likeness (QED) is 0.781. The van der Waals surface area contributed by atoms with Gasteiger partial charge in [0.25, 0.3) is 0 Å². The number of ether oxygens (including phenoxy) is 1. The molecule has 0 amide bonds. The minimum atomic E-state index is -0.898. The summed E-state index contributed by atoms with van der Waals surface area (Å²) in [5.41, 5.74) is 1.32. The van der Waals surface area contributed by atoms with E-state index in [1.54, 1.807) is 16.8 Å². The van der Waals surface area contributed by atoms with E-state index < -0.39 is 12.1 Å². The third-order valence-corrected chi connectivity index (χ3v) is 2.37. The van der Waals surface area contributed by atoms with Crippen LogP contribution in [0.5, 0.6) is 0 Å². The van der Waals surface area contributed by atoms with E-state index in [9.17, 15) is 9.90 Å². The fourth-order valence-electron chi connectivity index (χ4n) is 1.54. The maximum Gasteiger partial charge on any atom is 0.308 e. The molecule has 2 heterocycles. The van der Waals surface area contributed by atoms with Crippen molar-refractivity contribution in [1.82, 2.24) is 9.38 Å². The third kappa shape index (κ3) is 1.90. The maximum atomic E-state index is 11.0. The summed E-state index contributed by atoms with van der Waals surface area (Å²) in [6.45, 7) is 0. The molecule has 0 aliphatic carbocycles. The van der Waals surface area contributed by atoms with E-state index in [1.807, 2.05) is 18.2 Å². The van der Waals surface area contributed by atoms with Crippen molar-refractivity contribution in [3.8, 4) is 0 Å². The van der Waals surface area contributed by atoms with Gasteiger partial charge in [-0.05, 0) is 12.1 Å². The average molecular weight is 220 g/mol. The largest absolute Gasteiger partial charge is 0.469 e. The van der Waals surface area contributed by atoms with Crippen molar-refractivity contribution in [2.45, 2.75) is 12.5 Å². The molecule has 5 nitrogen and oxygen atoms in total. The Hall–Kier alpha value is -1.88. The molecule has 0 radical (unpaired) electrons. The Morgan fingerprint density at radius 2 is 2.44 bits per heavy atom. The van der Waals surface area contributed by atoms with Crippen LogP contribution < -0.4 is 0 Å². The van der Waals surface area contributed by atoms with Crippen LogP contribution in [-0.4, -0.2) is 27.6 Å². The van der Waals surface area contributed by atoms with Crippen molar-refractivity contribution < 1.29 is 14.6 Å². The lowest BCUT2D eigenvalue weighted by molar-refractivity contribution is -0.142. The van der Waals surface area contributed by atoms with Crippen molar-refractivity contribution in [3.05, 3.63) is 36.3 Å². The lowest BCUT2D eigenvalue weighted by atomic mass is 10.2. The third-order valence-electron chi connectivity index (χ3n) is 2.37. The van der Waals surface area contributed by atoms with Crippen LogP contribution >= 0.6 is 0 Å². The topological polar surface area (TPSA) is 63.8 Å². The first kappa shape index (κ1) is 10.6. The molecule has 2 aromatic heterocycles. The van der Waals surface area contributed by atoms with Gasteiger partial charge in [0.05, 0.1) is 25.4 Å². The minimum absolute atomic E-state index is 0.0703. The molecule has 1 N–H and O–H groups in total. The van der Waals surface area contributed by atoms with Crippen molar-refractivity contribution in [1.29, 1.82) is 0 Å². The van der Waals surface area contributed by atoms with E-state index >= 15 is 0 Å². The number of carbonyl (C=O) groups excluding carboxylic acids is 1. The summed E-state index contributed by atoms with van der Waals surface area (Å²) in [5.74, 6) is -0.446. The van der Waals surface area contributed by atoms with Gasteiger partial charge in [0.2, 0.25) is 0 Å². The zero-order valence-corrected chi connectivity index (χ0v) is 8.83. The molecule has 0 saturated heterocycles. The van der Waals surface area contributed by atoms with Crippen LogP contribution in [0.4, 0.5) is 0 Å². The number of hydrogen-bond donors (Lipinski definition) is 1. The first-order valence-electron chi connectivity index (χ1n) is 4.89. The van der Waals surface area contributed by atoms with E-state index in [-0.39, 0.29) is 6.42 Å². The van der Waals surface area contributed by atoms with Crippen LogP contribution in [0.3, 0.4) is 0 Å². The Kier molecular flexibility index (Phi) is 2.87. The van der Waals surface area contributed by atoms with Gasteiger partial charge < -0.3 is 14.2 Å². The number of imidazole rings is 1. The summed E-state index contributed by atoms with van der Waals surface area (Å²) in [7, 11) is 1.30. The summed E-state index contributed by atoms with van der Waals surface area (Å²) in [4.78, 5) is 15.2. The van der Waals surface area contributed by atoms with E-state index in [0.29, 0.717) is 5.69 Å². The van der Waals surface area contributed by atoms with Gasteiger partial charge in [-0.2, -0.15) is 0 Å². The van der Waals surface area contributed by atoms with Crippen LogP contribution in [0, 0.1) is 0 Å². The zero-order chi connectivity index (χ0) is 11.5. The van der Waals surface area contributed by atoms with E-state index in [4.69, 9.17) is 0 Å². The van der Waals surface area contributed by atoms with Crippen LogP contribution in [0.1, 0.15) is 18.2 Å². The molecule has 84 valence electrons. The number of carbonyl (C=O) groups is 1. The molecule has 1 atom stereocenters. The summed E-state index contributed by atoms with van der Waals surface area (Å²) < 4.78 is 6.25. The fraction of sp³-hybridized carbons (Fsp3) is 0.273. The number of esters is 1. The maximum absolute atomic E-state index is 11.0. The number of fused-ring (bicyclic) bond motifs is 1. The minimum Gasteiger partial charge on any atom is -0.469 e. The number of aliphatic hydroxyl groups excluding tert-OH is 1. The smallest absolute Gasteiger partial charge is 0.308 e. The predicted octanol–water partition coefficient (Wildman–Crippen LogP) is 0.931. The normalized spacial score (nSPS) is 12.6. The number of aromatic nitrogens is 2. The Labute approximate surface area is 92.3 Å². The second-order valence-electron chi connectivity index (χ2n) is 3.41. The molecular weight excluding hydrogens is 208 g/mol. The van der Waals surface area contributed by atoms with Crippen molar-refractivity contribution in [2.24, 2.45) is 0 Å². The highest BCUT2D eigenvalue weighted by Crippen LogP contribution is 2.18. The van der Waals surface area contributed by atoms with Crippen LogP contribution in [0.15, 0.2) is 30.6 Å². The average Bonchev–Trinajstić information content (AvgIpc) is 2.72. The molecule has 2 aromatic rings. The van der Waals surface area contributed by atoms with Crippen molar-refractivity contribution in [3.63, 3.8) is 0 Å². The number of pyridine rings is 1. The first-order chi connectivity index (χ1) is 7.72. The SMILES string of the molecule is COC(=O)C[C@H](O)c1cnc2ccccn12. The van der Waals surface area contributed by atoms with E-state index in [2.05, 4.69) is 9.72 Å². The van der Waals surface area contributed by atoms with Gasteiger partial charge in [-0.3, -0.25) is 4.79 Å². The fourth-order valence-corrected chi connectivity index (χ4v) is 1.54. The summed E-state index contributed by atoms with van der Waals surface area (Å²) in [5, 5.41) is 9.85. The predicted molar refractivity (Wildman–Crippen MR) is 56.8 cm³/mol. The molecule has 0 aromatic carbocycles. The van der Waals surface area contributed by atoms with Gasteiger partial charge >= 0.3 is 5.97 Å².